The molecule has 0 spiro atoms. The van der Waals surface area contributed by atoms with Crippen molar-refractivity contribution in [1.82, 2.24) is 0 Å². The second kappa shape index (κ2) is 24.1. The van der Waals surface area contributed by atoms with Crippen LogP contribution in [0, 0.1) is 11.8 Å². The molecule has 0 atom stereocenters. The smallest absolute Gasteiger partial charge is 0.305 e. The molecule has 0 bridgehead atoms. The highest BCUT2D eigenvalue weighted by atomic mass is 16.5. The van der Waals surface area contributed by atoms with Crippen molar-refractivity contribution in [2.75, 3.05) is 13.2 Å². The molecule has 0 rings (SSSR count). The van der Waals surface area contributed by atoms with Crippen molar-refractivity contribution in [2.24, 2.45) is 11.8 Å². The molecule has 0 aromatic heterocycles. The number of rotatable bonds is 24. The van der Waals surface area contributed by atoms with Crippen LogP contribution in [0.4, 0.5) is 0 Å². The van der Waals surface area contributed by atoms with Crippen molar-refractivity contribution >= 4 is 11.9 Å². The monoisotopic (exact) mass is 468 g/mol. The number of carbonyl (C=O) groups excluding carboxylic acids is 2. The molecule has 0 radical (unpaired) electrons. The van der Waals surface area contributed by atoms with Crippen LogP contribution in [-0.2, 0) is 19.1 Å². The van der Waals surface area contributed by atoms with Gasteiger partial charge in [-0.05, 0) is 37.5 Å². The molecule has 0 aromatic carbocycles. The van der Waals surface area contributed by atoms with Gasteiger partial charge >= 0.3 is 11.9 Å². The minimum Gasteiger partial charge on any atom is -0.466 e. The van der Waals surface area contributed by atoms with E-state index in [9.17, 15) is 9.59 Å². The van der Waals surface area contributed by atoms with Crippen molar-refractivity contribution in [2.45, 2.75) is 150 Å². The Morgan fingerprint density at radius 3 is 1.12 bits per heavy atom. The van der Waals surface area contributed by atoms with E-state index in [1.165, 1.54) is 51.4 Å². The standard InChI is InChI=1S/C29H56O4/c1-26(2)20-14-8-6-12-18-24-32-28(30)22-16-10-5-11-17-23-29(31)33-25-19-13-7-9-15-21-27(3)4/h26-27H,5-25H2,1-4H3. The van der Waals surface area contributed by atoms with Gasteiger partial charge in [0.05, 0.1) is 13.2 Å². The number of esters is 2. The number of hydrogen-bond donors (Lipinski definition) is 0. The Kier molecular flexibility index (Phi) is 23.3. The van der Waals surface area contributed by atoms with Crippen LogP contribution < -0.4 is 0 Å². The molecule has 0 aliphatic heterocycles. The third-order valence-corrected chi connectivity index (χ3v) is 6.14. The summed E-state index contributed by atoms with van der Waals surface area (Å²) in [7, 11) is 0. The summed E-state index contributed by atoms with van der Waals surface area (Å²) < 4.78 is 10.7. The third-order valence-electron chi connectivity index (χ3n) is 6.14. The Bertz CT molecular complexity index is 405. The van der Waals surface area contributed by atoms with Crippen molar-refractivity contribution < 1.29 is 19.1 Å². The van der Waals surface area contributed by atoms with Gasteiger partial charge in [-0.3, -0.25) is 9.59 Å². The van der Waals surface area contributed by atoms with Crippen molar-refractivity contribution in [3.05, 3.63) is 0 Å². The summed E-state index contributed by atoms with van der Waals surface area (Å²) in [5, 5.41) is 0. The maximum absolute atomic E-state index is 11.8. The molecule has 0 fully saturated rings. The minimum atomic E-state index is -0.0571. The van der Waals surface area contributed by atoms with Crippen LogP contribution in [0.25, 0.3) is 0 Å². The van der Waals surface area contributed by atoms with Crippen LogP contribution in [0.5, 0.6) is 0 Å². The van der Waals surface area contributed by atoms with Gasteiger partial charge in [0.25, 0.3) is 0 Å². The highest BCUT2D eigenvalue weighted by Crippen LogP contribution is 2.12. The fraction of sp³-hybridized carbons (Fsp3) is 0.931. The van der Waals surface area contributed by atoms with E-state index in [1.54, 1.807) is 0 Å². The molecular weight excluding hydrogens is 412 g/mol. The van der Waals surface area contributed by atoms with Gasteiger partial charge in [0.1, 0.15) is 0 Å². The van der Waals surface area contributed by atoms with Crippen LogP contribution in [0.15, 0.2) is 0 Å². The fourth-order valence-corrected chi connectivity index (χ4v) is 3.96. The second-order valence-electron chi connectivity index (χ2n) is 10.6. The molecule has 0 heterocycles. The summed E-state index contributed by atoms with van der Waals surface area (Å²) in [5.74, 6) is 1.49. The molecule has 4 nitrogen and oxygen atoms in total. The lowest BCUT2D eigenvalue weighted by atomic mass is 10.0. The Labute approximate surface area is 206 Å². The lowest BCUT2D eigenvalue weighted by Crippen LogP contribution is -2.06. The lowest BCUT2D eigenvalue weighted by Gasteiger charge is -2.07. The number of carbonyl (C=O) groups is 2. The van der Waals surface area contributed by atoms with Gasteiger partial charge in [0.15, 0.2) is 0 Å². The molecule has 0 aromatic rings. The number of unbranched alkanes of at least 4 members (excludes halogenated alkanes) is 12. The normalized spacial score (nSPS) is 11.3. The van der Waals surface area contributed by atoms with E-state index in [0.717, 1.165) is 69.6 Å². The Hall–Kier alpha value is -1.06. The van der Waals surface area contributed by atoms with Crippen LogP contribution >= 0.6 is 0 Å². The van der Waals surface area contributed by atoms with Crippen molar-refractivity contribution in [3.8, 4) is 0 Å². The van der Waals surface area contributed by atoms with Crippen LogP contribution in [0.3, 0.4) is 0 Å². The first-order valence-electron chi connectivity index (χ1n) is 14.2. The van der Waals surface area contributed by atoms with Crippen LogP contribution in [-0.4, -0.2) is 25.2 Å². The Morgan fingerprint density at radius 2 is 0.758 bits per heavy atom. The quantitative estimate of drug-likeness (QED) is 0.105. The number of ether oxygens (including phenoxy) is 2. The molecule has 0 amide bonds. The predicted octanol–water partition coefficient (Wildman–Crippen LogP) is 8.80. The molecule has 0 aliphatic carbocycles. The van der Waals surface area contributed by atoms with Gasteiger partial charge in [0.2, 0.25) is 0 Å². The SMILES string of the molecule is CC(C)CCCCCCCOC(=O)CCCCCCCC(=O)OCCCCCCCC(C)C. The lowest BCUT2D eigenvalue weighted by molar-refractivity contribution is -0.144. The number of hydrogen-bond acceptors (Lipinski definition) is 4. The van der Waals surface area contributed by atoms with Gasteiger partial charge in [-0.2, -0.15) is 0 Å². The zero-order valence-corrected chi connectivity index (χ0v) is 22.6. The van der Waals surface area contributed by atoms with Crippen molar-refractivity contribution in [3.63, 3.8) is 0 Å². The summed E-state index contributed by atoms with van der Waals surface area (Å²) in [6.07, 6.45) is 20.6. The van der Waals surface area contributed by atoms with E-state index in [1.807, 2.05) is 0 Å². The summed E-state index contributed by atoms with van der Waals surface area (Å²) in [6, 6.07) is 0. The summed E-state index contributed by atoms with van der Waals surface area (Å²) in [4.78, 5) is 23.5. The topological polar surface area (TPSA) is 52.6 Å². The Morgan fingerprint density at radius 1 is 0.455 bits per heavy atom. The molecule has 4 heteroatoms. The largest absolute Gasteiger partial charge is 0.466 e. The first-order valence-corrected chi connectivity index (χ1v) is 14.2. The van der Waals surface area contributed by atoms with Gasteiger partial charge < -0.3 is 9.47 Å². The van der Waals surface area contributed by atoms with Gasteiger partial charge in [-0.25, -0.2) is 0 Å². The van der Waals surface area contributed by atoms with E-state index in [2.05, 4.69) is 27.7 Å². The fourth-order valence-electron chi connectivity index (χ4n) is 3.96. The van der Waals surface area contributed by atoms with E-state index < -0.39 is 0 Å². The van der Waals surface area contributed by atoms with Crippen LogP contribution in [0.1, 0.15) is 150 Å². The maximum atomic E-state index is 11.8. The first kappa shape index (κ1) is 31.9. The van der Waals surface area contributed by atoms with Crippen molar-refractivity contribution in [1.29, 1.82) is 0 Å². The molecule has 0 saturated heterocycles. The van der Waals surface area contributed by atoms with Gasteiger partial charge in [-0.15, -0.1) is 0 Å². The van der Waals surface area contributed by atoms with E-state index in [-0.39, 0.29) is 11.9 Å². The molecule has 196 valence electrons. The van der Waals surface area contributed by atoms with E-state index >= 15 is 0 Å². The molecule has 0 N–H and O–H groups in total. The summed E-state index contributed by atoms with van der Waals surface area (Å²) >= 11 is 0. The molecule has 0 aliphatic rings. The zero-order valence-electron chi connectivity index (χ0n) is 22.6. The van der Waals surface area contributed by atoms with E-state index in [4.69, 9.17) is 9.47 Å². The first-order chi connectivity index (χ1) is 15.9. The van der Waals surface area contributed by atoms with Gasteiger partial charge in [-0.1, -0.05) is 111 Å². The van der Waals surface area contributed by atoms with Crippen LogP contribution in [0.2, 0.25) is 0 Å². The zero-order chi connectivity index (χ0) is 24.6. The predicted molar refractivity (Wildman–Crippen MR) is 139 cm³/mol. The molecule has 33 heavy (non-hydrogen) atoms. The Balaban J connectivity index is 3.29. The molecule has 0 unspecified atom stereocenters. The third kappa shape index (κ3) is 27.1. The summed E-state index contributed by atoms with van der Waals surface area (Å²) in [5.41, 5.74) is 0. The highest BCUT2D eigenvalue weighted by Gasteiger charge is 2.05. The van der Waals surface area contributed by atoms with E-state index in [0.29, 0.717) is 26.1 Å². The second-order valence-corrected chi connectivity index (χ2v) is 10.6. The average molecular weight is 469 g/mol. The highest BCUT2D eigenvalue weighted by molar-refractivity contribution is 5.69. The minimum absolute atomic E-state index is 0.0571. The molecule has 0 saturated carbocycles. The van der Waals surface area contributed by atoms with Gasteiger partial charge in [0, 0.05) is 12.8 Å². The molecular formula is C29H56O4. The summed E-state index contributed by atoms with van der Waals surface area (Å²) in [6.45, 7) is 10.2. The average Bonchev–Trinajstić information content (AvgIpc) is 2.76. The maximum Gasteiger partial charge on any atom is 0.305 e.